The van der Waals surface area contributed by atoms with Gasteiger partial charge in [0.2, 0.25) is 0 Å². The molecule has 7 heteroatoms. The molecule has 0 fully saturated rings. The maximum Gasteiger partial charge on any atom is 0.416 e. The normalized spacial score (nSPS) is 10.8. The van der Waals surface area contributed by atoms with Gasteiger partial charge in [-0.15, -0.1) is 0 Å². The van der Waals surface area contributed by atoms with Crippen molar-refractivity contribution in [2.45, 2.75) is 12.7 Å². The summed E-state index contributed by atoms with van der Waals surface area (Å²) in [6.07, 6.45) is -4.48. The smallest absolute Gasteiger partial charge is 0.416 e. The fourth-order valence-electron chi connectivity index (χ4n) is 2.21. The molecule has 2 aromatic carbocycles. The third-order valence-corrected chi connectivity index (χ3v) is 3.51. The number of likely N-dealkylation sites (N-methyl/N-ethyl adjacent to an activating group) is 1. The van der Waals surface area contributed by atoms with E-state index in [-0.39, 0.29) is 30.0 Å². The minimum absolute atomic E-state index is 0.00303. The van der Waals surface area contributed by atoms with Gasteiger partial charge < -0.3 is 9.64 Å². The average Bonchev–Trinajstić information content (AvgIpc) is 2.59. The van der Waals surface area contributed by atoms with Crippen LogP contribution in [-0.2, 0) is 17.5 Å². The molecule has 0 aliphatic rings. The van der Waals surface area contributed by atoms with Crippen molar-refractivity contribution in [3.8, 4) is 11.8 Å². The van der Waals surface area contributed by atoms with Crippen LogP contribution in [0.1, 0.15) is 16.7 Å². The summed E-state index contributed by atoms with van der Waals surface area (Å²) in [5, 5.41) is 8.96. The highest BCUT2D eigenvalue weighted by Crippen LogP contribution is 2.32. The Morgan fingerprint density at radius 1 is 1.16 bits per heavy atom. The number of amides is 1. The van der Waals surface area contributed by atoms with Crippen LogP contribution in [0.4, 0.5) is 13.2 Å². The highest BCUT2D eigenvalue weighted by atomic mass is 19.4. The molecule has 0 aliphatic heterocycles. The van der Waals surface area contributed by atoms with Gasteiger partial charge in [-0.1, -0.05) is 30.3 Å². The second kappa shape index (κ2) is 7.71. The molecule has 0 N–H and O–H groups in total. The highest BCUT2D eigenvalue weighted by molar-refractivity contribution is 5.77. The van der Waals surface area contributed by atoms with Crippen LogP contribution in [-0.4, -0.2) is 24.5 Å². The van der Waals surface area contributed by atoms with Crippen molar-refractivity contribution < 1.29 is 22.7 Å². The number of benzene rings is 2. The van der Waals surface area contributed by atoms with E-state index in [0.717, 1.165) is 11.0 Å². The molecular weight excluding hydrogens is 333 g/mol. The van der Waals surface area contributed by atoms with E-state index in [1.54, 1.807) is 24.3 Å². The molecule has 4 nitrogen and oxygen atoms in total. The number of nitrogens with zero attached hydrogens (tertiary/aromatic N) is 2. The quantitative estimate of drug-likeness (QED) is 0.829. The Kier molecular flexibility index (Phi) is 5.65. The predicted molar refractivity (Wildman–Crippen MR) is 84.6 cm³/mol. The second-order valence-corrected chi connectivity index (χ2v) is 5.30. The summed E-state index contributed by atoms with van der Waals surface area (Å²) in [7, 11) is 1.40. The van der Waals surface area contributed by atoms with E-state index in [2.05, 4.69) is 0 Å². The van der Waals surface area contributed by atoms with Crippen molar-refractivity contribution in [3.63, 3.8) is 0 Å². The van der Waals surface area contributed by atoms with Crippen LogP contribution >= 0.6 is 0 Å². The van der Waals surface area contributed by atoms with E-state index in [1.807, 2.05) is 6.07 Å². The van der Waals surface area contributed by atoms with Gasteiger partial charge in [0.25, 0.3) is 5.91 Å². The standard InChI is InChI=1S/C18H15F3N2O2/c1-23(11-14-7-2-4-8-15(14)18(19,20)21)17(24)12-25-16-9-5-3-6-13(16)10-22/h2-9H,11-12H2,1H3. The number of halogens is 3. The van der Waals surface area contributed by atoms with Crippen LogP contribution in [0.5, 0.6) is 5.75 Å². The zero-order chi connectivity index (χ0) is 18.4. The zero-order valence-electron chi connectivity index (χ0n) is 13.4. The number of hydrogen-bond donors (Lipinski definition) is 0. The number of rotatable bonds is 5. The van der Waals surface area contributed by atoms with E-state index < -0.39 is 17.6 Å². The van der Waals surface area contributed by atoms with Gasteiger partial charge in [-0.05, 0) is 23.8 Å². The first-order valence-electron chi connectivity index (χ1n) is 7.34. The van der Waals surface area contributed by atoms with Gasteiger partial charge >= 0.3 is 6.18 Å². The molecule has 0 spiro atoms. The van der Waals surface area contributed by atoms with E-state index in [4.69, 9.17) is 10.00 Å². The van der Waals surface area contributed by atoms with Gasteiger partial charge in [-0.25, -0.2) is 0 Å². The molecule has 0 saturated heterocycles. The first kappa shape index (κ1) is 18.3. The second-order valence-electron chi connectivity index (χ2n) is 5.30. The number of alkyl halides is 3. The lowest BCUT2D eigenvalue weighted by Gasteiger charge is -2.20. The number of para-hydroxylation sites is 1. The molecule has 130 valence electrons. The summed E-state index contributed by atoms with van der Waals surface area (Å²) in [4.78, 5) is 13.3. The molecule has 1 amide bonds. The molecule has 0 heterocycles. The van der Waals surface area contributed by atoms with Gasteiger partial charge in [0.1, 0.15) is 11.8 Å². The Bertz CT molecular complexity index is 797. The predicted octanol–water partition coefficient (Wildman–Crippen LogP) is 3.61. The Morgan fingerprint density at radius 2 is 1.80 bits per heavy atom. The fraction of sp³-hybridized carbons (Fsp3) is 0.222. The average molecular weight is 348 g/mol. The monoisotopic (exact) mass is 348 g/mol. The molecule has 0 aliphatic carbocycles. The summed E-state index contributed by atoms with van der Waals surface area (Å²) in [5.41, 5.74) is -0.492. The van der Waals surface area contributed by atoms with Crippen LogP contribution in [0, 0.1) is 11.3 Å². The minimum Gasteiger partial charge on any atom is -0.482 e. The Hall–Kier alpha value is -3.01. The number of carbonyl (C=O) groups is 1. The molecule has 0 saturated carbocycles. The Labute approximate surface area is 143 Å². The summed E-state index contributed by atoms with van der Waals surface area (Å²) in [6.45, 7) is -0.568. The largest absolute Gasteiger partial charge is 0.482 e. The van der Waals surface area contributed by atoms with Crippen LogP contribution in [0.2, 0.25) is 0 Å². The summed E-state index contributed by atoms with van der Waals surface area (Å²) >= 11 is 0. The van der Waals surface area contributed by atoms with Crippen LogP contribution in [0.15, 0.2) is 48.5 Å². The zero-order valence-corrected chi connectivity index (χ0v) is 13.4. The molecule has 2 aromatic rings. The van der Waals surface area contributed by atoms with Gasteiger partial charge in [0.05, 0.1) is 11.1 Å². The van der Waals surface area contributed by atoms with Gasteiger partial charge in [0, 0.05) is 13.6 Å². The molecule has 0 bridgehead atoms. The summed E-state index contributed by atoms with van der Waals surface area (Å²) in [6, 6.07) is 13.4. The SMILES string of the molecule is CN(Cc1ccccc1C(F)(F)F)C(=O)COc1ccccc1C#N. The topological polar surface area (TPSA) is 53.3 Å². The van der Waals surface area contributed by atoms with Crippen molar-refractivity contribution in [3.05, 3.63) is 65.2 Å². The summed E-state index contributed by atoms with van der Waals surface area (Å²) < 4.78 is 44.3. The van der Waals surface area contributed by atoms with E-state index in [9.17, 15) is 18.0 Å². The van der Waals surface area contributed by atoms with Crippen LogP contribution in [0.25, 0.3) is 0 Å². The maximum absolute atomic E-state index is 13.0. The number of nitriles is 1. The molecule has 0 radical (unpaired) electrons. The van der Waals surface area contributed by atoms with Crippen molar-refractivity contribution in [1.82, 2.24) is 4.90 Å². The number of carbonyl (C=O) groups excluding carboxylic acids is 1. The lowest BCUT2D eigenvalue weighted by atomic mass is 10.1. The van der Waals surface area contributed by atoms with Crippen molar-refractivity contribution >= 4 is 5.91 Å². The molecular formula is C18H15F3N2O2. The number of hydrogen-bond acceptors (Lipinski definition) is 3. The molecule has 0 aromatic heterocycles. The van der Waals surface area contributed by atoms with E-state index in [0.29, 0.717) is 0 Å². The Morgan fingerprint density at radius 3 is 2.48 bits per heavy atom. The minimum atomic E-state index is -4.48. The third-order valence-electron chi connectivity index (χ3n) is 3.51. The van der Waals surface area contributed by atoms with Gasteiger partial charge in [-0.3, -0.25) is 4.79 Å². The van der Waals surface area contributed by atoms with E-state index in [1.165, 1.54) is 25.2 Å². The maximum atomic E-state index is 13.0. The fourth-order valence-corrected chi connectivity index (χ4v) is 2.21. The molecule has 0 atom stereocenters. The third kappa shape index (κ3) is 4.73. The molecule has 2 rings (SSSR count). The van der Waals surface area contributed by atoms with Gasteiger partial charge in [-0.2, -0.15) is 18.4 Å². The Balaban J connectivity index is 2.03. The van der Waals surface area contributed by atoms with Crippen molar-refractivity contribution in [2.75, 3.05) is 13.7 Å². The van der Waals surface area contributed by atoms with E-state index >= 15 is 0 Å². The summed E-state index contributed by atoms with van der Waals surface area (Å²) in [5.74, 6) is -0.243. The highest BCUT2D eigenvalue weighted by Gasteiger charge is 2.33. The van der Waals surface area contributed by atoms with Gasteiger partial charge in [0.15, 0.2) is 6.61 Å². The van der Waals surface area contributed by atoms with Crippen LogP contribution < -0.4 is 4.74 Å². The van der Waals surface area contributed by atoms with Crippen LogP contribution in [0.3, 0.4) is 0 Å². The first-order chi connectivity index (χ1) is 11.8. The molecule has 0 unspecified atom stereocenters. The molecule has 25 heavy (non-hydrogen) atoms. The lowest BCUT2D eigenvalue weighted by Crippen LogP contribution is -2.31. The van der Waals surface area contributed by atoms with Crippen molar-refractivity contribution in [2.24, 2.45) is 0 Å². The number of ether oxygens (including phenoxy) is 1. The lowest BCUT2D eigenvalue weighted by molar-refractivity contribution is -0.140. The first-order valence-corrected chi connectivity index (χ1v) is 7.34. The van der Waals surface area contributed by atoms with Crippen molar-refractivity contribution in [1.29, 1.82) is 5.26 Å².